The second kappa shape index (κ2) is 4.00. The number of aromatic nitrogens is 2. The first-order valence-corrected chi connectivity index (χ1v) is 7.89. The van der Waals surface area contributed by atoms with Crippen molar-refractivity contribution in [1.82, 2.24) is 9.78 Å². The molecule has 0 aromatic carbocycles. The first-order chi connectivity index (χ1) is 9.13. The van der Waals surface area contributed by atoms with Crippen molar-refractivity contribution in [3.05, 3.63) is 12.3 Å². The molecule has 4 fully saturated rings. The van der Waals surface area contributed by atoms with Crippen LogP contribution in [0.2, 0.25) is 0 Å². The van der Waals surface area contributed by atoms with Crippen LogP contribution in [0.25, 0.3) is 0 Å². The number of hydrogen-bond acceptors (Lipinski definition) is 2. The molecule has 4 aliphatic rings. The van der Waals surface area contributed by atoms with Gasteiger partial charge in [0.25, 0.3) is 0 Å². The van der Waals surface area contributed by atoms with E-state index in [1.165, 1.54) is 38.5 Å². The molecule has 0 spiro atoms. The van der Waals surface area contributed by atoms with Gasteiger partial charge in [0.15, 0.2) is 0 Å². The third-order valence-corrected chi connectivity index (χ3v) is 6.08. The van der Waals surface area contributed by atoms with Crippen LogP contribution in [0, 0.1) is 23.2 Å². The second-order valence-corrected chi connectivity index (χ2v) is 7.52. The summed E-state index contributed by atoms with van der Waals surface area (Å²) in [6, 6.07) is 2.66. The van der Waals surface area contributed by atoms with Crippen LogP contribution in [0.15, 0.2) is 12.3 Å². The number of hydrogen-bond donors (Lipinski definition) is 1. The average Bonchev–Trinajstić information content (AvgIpc) is 2.73. The molecule has 4 saturated carbocycles. The fourth-order valence-corrected chi connectivity index (χ4v) is 5.57. The summed E-state index contributed by atoms with van der Waals surface area (Å²) in [5.74, 6) is 4.13. The van der Waals surface area contributed by atoms with E-state index in [0.29, 0.717) is 11.5 Å². The van der Waals surface area contributed by atoms with Crippen LogP contribution in [0.1, 0.15) is 45.4 Å². The van der Waals surface area contributed by atoms with Gasteiger partial charge in [-0.2, -0.15) is 5.10 Å². The van der Waals surface area contributed by atoms with Gasteiger partial charge in [-0.3, -0.25) is 4.68 Å². The highest BCUT2D eigenvalue weighted by Gasteiger charge is 2.53. The number of nitrogens with one attached hydrogen (secondary N) is 1. The van der Waals surface area contributed by atoms with Crippen LogP contribution in [-0.4, -0.2) is 15.8 Å². The first kappa shape index (κ1) is 11.8. The van der Waals surface area contributed by atoms with E-state index in [9.17, 15) is 0 Å². The van der Waals surface area contributed by atoms with Gasteiger partial charge in [0, 0.05) is 25.4 Å². The van der Waals surface area contributed by atoms with Gasteiger partial charge in [0.05, 0.1) is 0 Å². The minimum Gasteiger partial charge on any atom is -0.366 e. The Bertz CT molecular complexity index is 441. The highest BCUT2D eigenvalue weighted by molar-refractivity contribution is 5.34. The standard InChI is InChI=1S/C16H25N3/c1-11(17-15-3-4-19(2)18-15)16-8-12-5-13(9-16)7-14(6-12)10-16/h3-4,11-14H,5-10H2,1-2H3,(H,17,18). The minimum atomic E-state index is 0.562. The van der Waals surface area contributed by atoms with E-state index in [1.54, 1.807) is 0 Å². The van der Waals surface area contributed by atoms with Crippen molar-refractivity contribution in [3.8, 4) is 0 Å². The Labute approximate surface area is 115 Å². The Kier molecular flexibility index (Phi) is 2.49. The predicted octanol–water partition coefficient (Wildman–Crippen LogP) is 3.44. The van der Waals surface area contributed by atoms with Crippen LogP contribution < -0.4 is 5.32 Å². The van der Waals surface area contributed by atoms with Gasteiger partial charge >= 0.3 is 0 Å². The van der Waals surface area contributed by atoms with Crippen LogP contribution >= 0.6 is 0 Å². The molecule has 0 amide bonds. The zero-order chi connectivity index (χ0) is 13.0. The largest absolute Gasteiger partial charge is 0.366 e. The monoisotopic (exact) mass is 259 g/mol. The van der Waals surface area contributed by atoms with Crippen LogP contribution in [-0.2, 0) is 7.05 Å². The lowest BCUT2D eigenvalue weighted by Crippen LogP contribution is -2.52. The van der Waals surface area contributed by atoms with Crippen LogP contribution in [0.3, 0.4) is 0 Å². The number of rotatable bonds is 3. The lowest BCUT2D eigenvalue weighted by molar-refractivity contribution is -0.0603. The average molecular weight is 259 g/mol. The number of aryl methyl sites for hydroxylation is 1. The van der Waals surface area contributed by atoms with Crippen molar-refractivity contribution in [2.24, 2.45) is 30.2 Å². The predicted molar refractivity (Wildman–Crippen MR) is 76.9 cm³/mol. The highest BCUT2D eigenvalue weighted by Crippen LogP contribution is 2.61. The molecule has 0 radical (unpaired) electrons. The van der Waals surface area contributed by atoms with E-state index < -0.39 is 0 Å². The number of nitrogens with zero attached hydrogens (tertiary/aromatic N) is 2. The third kappa shape index (κ3) is 1.89. The molecule has 3 heteroatoms. The maximum atomic E-state index is 4.48. The van der Waals surface area contributed by atoms with Gasteiger partial charge in [-0.1, -0.05) is 0 Å². The van der Waals surface area contributed by atoms with Gasteiger partial charge < -0.3 is 5.32 Å². The Hall–Kier alpha value is -0.990. The first-order valence-electron chi connectivity index (χ1n) is 7.89. The second-order valence-electron chi connectivity index (χ2n) is 7.52. The molecular formula is C16H25N3. The molecular weight excluding hydrogens is 234 g/mol. The Morgan fingerprint density at radius 1 is 1.21 bits per heavy atom. The summed E-state index contributed by atoms with van der Waals surface area (Å²) in [7, 11) is 1.99. The van der Waals surface area contributed by atoms with Crippen molar-refractivity contribution < 1.29 is 0 Å². The molecule has 4 aliphatic carbocycles. The molecule has 1 aromatic rings. The molecule has 1 atom stereocenters. The Balaban J connectivity index is 1.54. The molecule has 3 nitrogen and oxygen atoms in total. The summed E-state index contributed by atoms with van der Waals surface area (Å²) in [4.78, 5) is 0. The molecule has 0 saturated heterocycles. The topological polar surface area (TPSA) is 29.9 Å². The van der Waals surface area contributed by atoms with Crippen molar-refractivity contribution >= 4 is 5.82 Å². The van der Waals surface area contributed by atoms with Gasteiger partial charge in [-0.05, 0) is 68.6 Å². The molecule has 19 heavy (non-hydrogen) atoms. The van der Waals surface area contributed by atoms with Crippen molar-refractivity contribution in [3.63, 3.8) is 0 Å². The fourth-order valence-electron chi connectivity index (χ4n) is 5.57. The maximum Gasteiger partial charge on any atom is 0.148 e. The quantitative estimate of drug-likeness (QED) is 0.901. The van der Waals surface area contributed by atoms with E-state index in [2.05, 4.69) is 23.4 Å². The summed E-state index contributed by atoms with van der Waals surface area (Å²) in [5.41, 5.74) is 0.562. The van der Waals surface area contributed by atoms with Gasteiger partial charge in [-0.25, -0.2) is 0 Å². The zero-order valence-electron chi connectivity index (χ0n) is 12.1. The lowest BCUT2D eigenvalue weighted by atomic mass is 9.48. The fraction of sp³-hybridized carbons (Fsp3) is 0.812. The summed E-state index contributed by atoms with van der Waals surface area (Å²) < 4.78 is 1.88. The summed E-state index contributed by atoms with van der Waals surface area (Å²) in [6.07, 6.45) is 11.0. The van der Waals surface area contributed by atoms with Crippen LogP contribution in [0.5, 0.6) is 0 Å². The zero-order valence-corrected chi connectivity index (χ0v) is 12.1. The molecule has 5 rings (SSSR count). The van der Waals surface area contributed by atoms with E-state index in [-0.39, 0.29) is 0 Å². The van der Waals surface area contributed by atoms with E-state index in [0.717, 1.165) is 23.6 Å². The normalized spacial score (nSPS) is 41.5. The van der Waals surface area contributed by atoms with Gasteiger partial charge in [0.1, 0.15) is 5.82 Å². The van der Waals surface area contributed by atoms with Crippen molar-refractivity contribution in [2.45, 2.75) is 51.5 Å². The van der Waals surface area contributed by atoms with E-state index in [1.807, 2.05) is 17.9 Å². The maximum absolute atomic E-state index is 4.48. The molecule has 4 bridgehead atoms. The Morgan fingerprint density at radius 2 is 1.79 bits per heavy atom. The number of anilines is 1. The van der Waals surface area contributed by atoms with E-state index in [4.69, 9.17) is 0 Å². The smallest absolute Gasteiger partial charge is 0.148 e. The van der Waals surface area contributed by atoms with Gasteiger partial charge in [0.2, 0.25) is 0 Å². The van der Waals surface area contributed by atoms with E-state index >= 15 is 0 Å². The molecule has 1 heterocycles. The van der Waals surface area contributed by atoms with Crippen LogP contribution in [0.4, 0.5) is 5.82 Å². The Morgan fingerprint density at radius 3 is 2.26 bits per heavy atom. The van der Waals surface area contributed by atoms with Crippen molar-refractivity contribution in [2.75, 3.05) is 5.32 Å². The minimum absolute atomic E-state index is 0.562. The third-order valence-electron chi connectivity index (χ3n) is 6.08. The SMILES string of the molecule is CC(Nc1ccn(C)n1)C12CC3CC(CC(C3)C1)C2. The van der Waals surface area contributed by atoms with Crippen molar-refractivity contribution in [1.29, 1.82) is 0 Å². The molecule has 1 unspecified atom stereocenters. The summed E-state index contributed by atoms with van der Waals surface area (Å²) >= 11 is 0. The highest BCUT2D eigenvalue weighted by atomic mass is 15.3. The summed E-state index contributed by atoms with van der Waals surface area (Å²) in [5, 5.41) is 8.17. The van der Waals surface area contributed by atoms with Gasteiger partial charge in [-0.15, -0.1) is 0 Å². The molecule has 1 aromatic heterocycles. The molecule has 0 aliphatic heterocycles. The summed E-state index contributed by atoms with van der Waals surface area (Å²) in [6.45, 7) is 2.39. The molecule has 1 N–H and O–H groups in total. The lowest BCUT2D eigenvalue weighted by Gasteiger charge is -2.59. The molecule has 104 valence electrons.